The summed E-state index contributed by atoms with van der Waals surface area (Å²) in [4.78, 5) is 13.0. The van der Waals surface area contributed by atoms with E-state index in [0.717, 1.165) is 4.68 Å². The van der Waals surface area contributed by atoms with E-state index >= 15 is 0 Å². The van der Waals surface area contributed by atoms with E-state index in [-0.39, 0.29) is 28.7 Å². The van der Waals surface area contributed by atoms with Gasteiger partial charge in [-0.3, -0.25) is 14.2 Å². The standard InChI is InChI=1S/C23H26F6N4O/c1-5-13-14(11-6-7-11)20(22(24,25)26)31-33(13)10(4)8-12-15-16(12)19(34)17-18(15)30-32(9(2)3)21(17)23(27,28)29/h9-12,15-16H,5-8H2,1-4H3. The van der Waals surface area contributed by atoms with Crippen LogP contribution in [0.2, 0.25) is 0 Å². The Morgan fingerprint density at radius 1 is 0.971 bits per heavy atom. The van der Waals surface area contributed by atoms with E-state index in [2.05, 4.69) is 10.2 Å². The van der Waals surface area contributed by atoms with Crippen molar-refractivity contribution in [3.63, 3.8) is 0 Å². The number of alkyl halides is 6. The number of carbonyl (C=O) groups is 1. The Morgan fingerprint density at radius 3 is 2.12 bits per heavy atom. The third kappa shape index (κ3) is 3.40. The number of hydrogen-bond donors (Lipinski definition) is 0. The molecule has 0 aromatic carbocycles. The highest BCUT2D eigenvalue weighted by atomic mass is 19.4. The van der Waals surface area contributed by atoms with E-state index in [0.29, 0.717) is 31.4 Å². The number of halogens is 6. The van der Waals surface area contributed by atoms with Crippen LogP contribution in [-0.4, -0.2) is 25.3 Å². The van der Waals surface area contributed by atoms with Gasteiger partial charge in [0, 0.05) is 35.2 Å². The van der Waals surface area contributed by atoms with Crippen LogP contribution >= 0.6 is 0 Å². The minimum Gasteiger partial charge on any atom is -0.294 e. The Labute approximate surface area is 192 Å². The topological polar surface area (TPSA) is 52.7 Å². The molecule has 186 valence electrons. The summed E-state index contributed by atoms with van der Waals surface area (Å²) < 4.78 is 84.5. The second-order valence-corrected chi connectivity index (χ2v) is 10.1. The van der Waals surface area contributed by atoms with Gasteiger partial charge in [-0.15, -0.1) is 0 Å². The molecular weight excluding hydrogens is 462 g/mol. The molecule has 3 aliphatic carbocycles. The smallest absolute Gasteiger partial charge is 0.294 e. The molecule has 0 aliphatic heterocycles. The highest BCUT2D eigenvalue weighted by Gasteiger charge is 2.65. The molecule has 4 atom stereocenters. The molecule has 0 radical (unpaired) electrons. The lowest BCUT2D eigenvalue weighted by Crippen LogP contribution is -2.20. The Bertz CT molecular complexity index is 1150. The maximum absolute atomic E-state index is 13.7. The number of rotatable bonds is 6. The van der Waals surface area contributed by atoms with Crippen LogP contribution in [0.5, 0.6) is 0 Å². The monoisotopic (exact) mass is 488 g/mol. The van der Waals surface area contributed by atoms with E-state index in [9.17, 15) is 31.1 Å². The van der Waals surface area contributed by atoms with Crippen molar-refractivity contribution in [2.24, 2.45) is 11.8 Å². The van der Waals surface area contributed by atoms with Gasteiger partial charge in [-0.2, -0.15) is 36.5 Å². The SMILES string of the molecule is CCc1c(C2CC2)c(C(F)(F)F)nn1C(C)CC1C2C(=O)c3c(nn(C(C)C)c3C(F)(F)F)C12. The van der Waals surface area contributed by atoms with Crippen molar-refractivity contribution in [2.45, 2.75) is 89.7 Å². The fourth-order valence-electron chi connectivity index (χ4n) is 5.84. The molecule has 5 rings (SSSR count). The van der Waals surface area contributed by atoms with E-state index in [1.165, 1.54) is 4.68 Å². The summed E-state index contributed by atoms with van der Waals surface area (Å²) in [5, 5.41) is 8.14. The highest BCUT2D eigenvalue weighted by molar-refractivity contribution is 6.07. The van der Waals surface area contributed by atoms with Gasteiger partial charge in [0.15, 0.2) is 17.2 Å². The zero-order valence-corrected chi connectivity index (χ0v) is 19.3. The molecule has 3 aliphatic rings. The first-order chi connectivity index (χ1) is 15.8. The number of fused-ring (bicyclic) bond motifs is 3. The number of carbonyl (C=O) groups excluding carboxylic acids is 1. The molecule has 0 spiro atoms. The van der Waals surface area contributed by atoms with Crippen LogP contribution in [0.1, 0.15) is 110 Å². The van der Waals surface area contributed by atoms with Crippen molar-refractivity contribution in [1.82, 2.24) is 19.6 Å². The molecule has 2 heterocycles. The Balaban J connectivity index is 1.44. The Hall–Kier alpha value is -2.33. The van der Waals surface area contributed by atoms with Crippen LogP contribution in [0.25, 0.3) is 0 Å². The van der Waals surface area contributed by atoms with Crippen molar-refractivity contribution in [3.8, 4) is 0 Å². The largest absolute Gasteiger partial charge is 0.435 e. The van der Waals surface area contributed by atoms with Gasteiger partial charge < -0.3 is 0 Å². The van der Waals surface area contributed by atoms with E-state index in [1.807, 2.05) is 0 Å². The summed E-state index contributed by atoms with van der Waals surface area (Å²) in [6.45, 7) is 6.71. The molecule has 0 saturated heterocycles. The molecule has 4 unspecified atom stereocenters. The van der Waals surface area contributed by atoms with Gasteiger partial charge in [-0.05, 0) is 58.3 Å². The second kappa shape index (κ2) is 7.34. The quantitative estimate of drug-likeness (QED) is 0.448. The molecule has 2 fully saturated rings. The third-order valence-corrected chi connectivity index (χ3v) is 7.40. The van der Waals surface area contributed by atoms with Crippen LogP contribution in [-0.2, 0) is 18.8 Å². The van der Waals surface area contributed by atoms with Gasteiger partial charge in [-0.1, -0.05) is 6.92 Å². The molecule has 34 heavy (non-hydrogen) atoms. The summed E-state index contributed by atoms with van der Waals surface area (Å²) >= 11 is 0. The molecule has 0 N–H and O–H groups in total. The Morgan fingerprint density at radius 2 is 1.62 bits per heavy atom. The van der Waals surface area contributed by atoms with Crippen LogP contribution in [0.3, 0.4) is 0 Å². The maximum Gasteiger partial charge on any atom is 0.435 e. The number of Topliss-reactive ketones (excluding diaryl/α,β-unsaturated/α-hetero) is 1. The zero-order valence-electron chi connectivity index (χ0n) is 19.3. The molecule has 2 saturated carbocycles. The lowest BCUT2D eigenvalue weighted by atomic mass is 10.00. The first kappa shape index (κ1) is 23.4. The Kier molecular flexibility index (Phi) is 5.05. The van der Waals surface area contributed by atoms with Crippen molar-refractivity contribution in [1.29, 1.82) is 0 Å². The van der Waals surface area contributed by atoms with Gasteiger partial charge in [0.1, 0.15) is 0 Å². The second-order valence-electron chi connectivity index (χ2n) is 10.1. The maximum atomic E-state index is 13.7. The fraction of sp³-hybridized carbons (Fsp3) is 0.696. The van der Waals surface area contributed by atoms with Gasteiger partial charge in [-0.25, -0.2) is 0 Å². The molecular formula is C23H26F6N4O. The third-order valence-electron chi connectivity index (χ3n) is 7.40. The summed E-state index contributed by atoms with van der Waals surface area (Å²) in [7, 11) is 0. The van der Waals surface area contributed by atoms with Crippen molar-refractivity contribution in [3.05, 3.63) is 33.9 Å². The number of ketones is 1. The molecule has 2 aromatic heterocycles. The highest BCUT2D eigenvalue weighted by Crippen LogP contribution is 2.64. The first-order valence-electron chi connectivity index (χ1n) is 11.7. The average molecular weight is 488 g/mol. The van der Waals surface area contributed by atoms with Gasteiger partial charge in [0.2, 0.25) is 0 Å². The summed E-state index contributed by atoms with van der Waals surface area (Å²) in [6.07, 6.45) is -7.08. The van der Waals surface area contributed by atoms with Gasteiger partial charge in [0.05, 0.1) is 11.3 Å². The summed E-state index contributed by atoms with van der Waals surface area (Å²) in [5.74, 6) is -1.94. The minimum atomic E-state index is -4.70. The molecule has 0 amide bonds. The van der Waals surface area contributed by atoms with Gasteiger partial charge >= 0.3 is 12.4 Å². The predicted molar refractivity (Wildman–Crippen MR) is 110 cm³/mol. The lowest BCUT2D eigenvalue weighted by Gasteiger charge is -2.17. The molecule has 2 aromatic rings. The van der Waals surface area contributed by atoms with Crippen LogP contribution in [0, 0.1) is 11.8 Å². The molecule has 11 heteroatoms. The lowest BCUT2D eigenvalue weighted by molar-refractivity contribution is -0.145. The minimum absolute atomic E-state index is 0.127. The first-order valence-corrected chi connectivity index (χ1v) is 11.7. The predicted octanol–water partition coefficient (Wildman–Crippen LogP) is 6.32. The van der Waals surface area contributed by atoms with Crippen LogP contribution < -0.4 is 0 Å². The number of nitrogens with zero attached hydrogens (tertiary/aromatic N) is 4. The van der Waals surface area contributed by atoms with Crippen LogP contribution in [0.4, 0.5) is 26.3 Å². The van der Waals surface area contributed by atoms with Crippen molar-refractivity contribution in [2.75, 3.05) is 0 Å². The summed E-state index contributed by atoms with van der Waals surface area (Å²) in [6, 6.07) is -0.993. The van der Waals surface area contributed by atoms with Crippen molar-refractivity contribution >= 4 is 5.78 Å². The van der Waals surface area contributed by atoms with E-state index < -0.39 is 53.4 Å². The number of hydrogen-bond acceptors (Lipinski definition) is 3. The van der Waals surface area contributed by atoms with E-state index in [1.54, 1.807) is 27.7 Å². The fourth-order valence-corrected chi connectivity index (χ4v) is 5.84. The van der Waals surface area contributed by atoms with Crippen LogP contribution in [0.15, 0.2) is 0 Å². The summed E-state index contributed by atoms with van der Waals surface area (Å²) in [5.41, 5.74) is -1.14. The zero-order chi connectivity index (χ0) is 24.9. The van der Waals surface area contributed by atoms with Gasteiger partial charge in [0.25, 0.3) is 0 Å². The number of aromatic nitrogens is 4. The molecule has 5 nitrogen and oxygen atoms in total. The van der Waals surface area contributed by atoms with Crippen molar-refractivity contribution < 1.29 is 31.1 Å². The molecule has 0 bridgehead atoms. The normalized spacial score (nSPS) is 25.1. The van der Waals surface area contributed by atoms with E-state index in [4.69, 9.17) is 0 Å². The average Bonchev–Trinajstić information content (AvgIpc) is 3.55.